The molecule has 0 aliphatic carbocycles. The van der Waals surface area contributed by atoms with Crippen LogP contribution in [0.25, 0.3) is 16.3 Å². The van der Waals surface area contributed by atoms with Gasteiger partial charge in [0.05, 0.1) is 21.2 Å². The van der Waals surface area contributed by atoms with Gasteiger partial charge in [0, 0.05) is 11.2 Å². The lowest BCUT2D eigenvalue weighted by Crippen LogP contribution is -1.95. The number of hydrogen-bond donors (Lipinski definition) is 0. The number of nitrogens with zero attached hydrogens (tertiary/aromatic N) is 2. The molecule has 3 nitrogen and oxygen atoms in total. The minimum absolute atomic E-state index is 0.483. The van der Waals surface area contributed by atoms with E-state index >= 15 is 0 Å². The molecule has 1 aromatic carbocycles. The Kier molecular flexibility index (Phi) is 3.85. The standard InChI is InChI=1S/C15H10Cl2N2OS/c1-9-4-5-21-15(9)14-10(8-20)7-19(18-14)13-3-2-11(16)6-12(13)17/h2-8H,1H3. The Morgan fingerprint density at radius 3 is 2.71 bits per heavy atom. The zero-order valence-corrected chi connectivity index (χ0v) is 13.3. The summed E-state index contributed by atoms with van der Waals surface area (Å²) in [5.41, 5.74) is 2.98. The summed E-state index contributed by atoms with van der Waals surface area (Å²) >= 11 is 13.7. The molecule has 2 heterocycles. The number of thiophene rings is 1. The fourth-order valence-electron chi connectivity index (χ4n) is 2.06. The summed E-state index contributed by atoms with van der Waals surface area (Å²) in [6.45, 7) is 1.99. The van der Waals surface area contributed by atoms with Crippen LogP contribution in [-0.4, -0.2) is 16.1 Å². The van der Waals surface area contributed by atoms with Gasteiger partial charge in [-0.2, -0.15) is 5.10 Å². The maximum atomic E-state index is 11.3. The van der Waals surface area contributed by atoms with Crippen LogP contribution in [0.1, 0.15) is 15.9 Å². The quantitative estimate of drug-likeness (QED) is 0.629. The molecule has 0 N–H and O–H groups in total. The molecule has 3 rings (SSSR count). The summed E-state index contributed by atoms with van der Waals surface area (Å²) < 4.78 is 1.61. The number of aldehydes is 1. The molecule has 0 bridgehead atoms. The zero-order chi connectivity index (χ0) is 15.0. The van der Waals surface area contributed by atoms with Gasteiger partial charge in [0.25, 0.3) is 0 Å². The lowest BCUT2D eigenvalue weighted by Gasteiger charge is -2.04. The van der Waals surface area contributed by atoms with Crippen LogP contribution in [0.15, 0.2) is 35.8 Å². The molecular formula is C15H10Cl2N2OS. The maximum absolute atomic E-state index is 11.3. The van der Waals surface area contributed by atoms with E-state index in [4.69, 9.17) is 23.2 Å². The summed E-state index contributed by atoms with van der Waals surface area (Å²) in [7, 11) is 0. The molecule has 2 aromatic heterocycles. The average molecular weight is 337 g/mol. The molecule has 3 aromatic rings. The number of aryl methyl sites for hydroxylation is 1. The van der Waals surface area contributed by atoms with Gasteiger partial charge in [-0.05, 0) is 42.1 Å². The topological polar surface area (TPSA) is 34.9 Å². The van der Waals surface area contributed by atoms with Gasteiger partial charge in [-0.1, -0.05) is 23.2 Å². The van der Waals surface area contributed by atoms with Crippen molar-refractivity contribution >= 4 is 40.8 Å². The van der Waals surface area contributed by atoms with Crippen molar-refractivity contribution in [2.75, 3.05) is 0 Å². The molecule has 106 valence electrons. The Bertz CT molecular complexity index is 823. The van der Waals surface area contributed by atoms with Crippen LogP contribution in [0.3, 0.4) is 0 Å². The lowest BCUT2D eigenvalue weighted by molar-refractivity contribution is 0.112. The van der Waals surface area contributed by atoms with Crippen LogP contribution in [0.5, 0.6) is 0 Å². The van der Waals surface area contributed by atoms with Crippen molar-refractivity contribution in [1.82, 2.24) is 9.78 Å². The number of carbonyl (C=O) groups excluding carboxylic acids is 1. The van der Waals surface area contributed by atoms with Crippen molar-refractivity contribution < 1.29 is 4.79 Å². The fourth-order valence-corrected chi connectivity index (χ4v) is 3.48. The van der Waals surface area contributed by atoms with Crippen molar-refractivity contribution in [2.24, 2.45) is 0 Å². The van der Waals surface area contributed by atoms with Gasteiger partial charge in [0.15, 0.2) is 6.29 Å². The second kappa shape index (κ2) is 5.64. The second-order valence-corrected chi connectivity index (χ2v) is 6.28. The Hall–Kier alpha value is -1.62. The smallest absolute Gasteiger partial charge is 0.153 e. The molecule has 0 fully saturated rings. The third-order valence-electron chi connectivity index (χ3n) is 3.10. The molecule has 0 aliphatic rings. The fraction of sp³-hybridized carbons (Fsp3) is 0.0667. The second-order valence-electron chi connectivity index (χ2n) is 4.52. The van der Waals surface area contributed by atoms with Crippen molar-refractivity contribution in [1.29, 1.82) is 0 Å². The van der Waals surface area contributed by atoms with Crippen molar-refractivity contribution in [3.05, 3.63) is 57.0 Å². The maximum Gasteiger partial charge on any atom is 0.153 e. The third kappa shape index (κ3) is 2.62. The van der Waals surface area contributed by atoms with Crippen LogP contribution in [0, 0.1) is 6.92 Å². The Labute approximate surface area is 135 Å². The van der Waals surface area contributed by atoms with Crippen molar-refractivity contribution in [3.8, 4) is 16.3 Å². The van der Waals surface area contributed by atoms with E-state index in [0.717, 1.165) is 16.7 Å². The van der Waals surface area contributed by atoms with Gasteiger partial charge in [-0.25, -0.2) is 4.68 Å². The molecule has 0 aliphatic heterocycles. The summed E-state index contributed by atoms with van der Waals surface area (Å²) in [4.78, 5) is 12.3. The van der Waals surface area contributed by atoms with Crippen LogP contribution in [0.2, 0.25) is 10.0 Å². The van der Waals surface area contributed by atoms with E-state index in [1.807, 2.05) is 18.4 Å². The number of hydrogen-bond acceptors (Lipinski definition) is 3. The van der Waals surface area contributed by atoms with Crippen molar-refractivity contribution in [3.63, 3.8) is 0 Å². The van der Waals surface area contributed by atoms with E-state index in [2.05, 4.69) is 5.10 Å². The van der Waals surface area contributed by atoms with Gasteiger partial charge in [0.2, 0.25) is 0 Å². The SMILES string of the molecule is Cc1ccsc1-c1nn(-c2ccc(Cl)cc2Cl)cc1C=O. The van der Waals surface area contributed by atoms with E-state index in [0.29, 0.717) is 27.0 Å². The molecular weight excluding hydrogens is 327 g/mol. The molecule has 21 heavy (non-hydrogen) atoms. The number of carbonyl (C=O) groups is 1. The summed E-state index contributed by atoms with van der Waals surface area (Å²) in [5, 5.41) is 7.53. The molecule has 0 spiro atoms. The number of halogens is 2. The van der Waals surface area contributed by atoms with E-state index in [9.17, 15) is 4.79 Å². The van der Waals surface area contributed by atoms with Crippen LogP contribution in [0.4, 0.5) is 0 Å². The van der Waals surface area contributed by atoms with Gasteiger partial charge >= 0.3 is 0 Å². The lowest BCUT2D eigenvalue weighted by atomic mass is 10.2. The van der Waals surface area contributed by atoms with Crippen molar-refractivity contribution in [2.45, 2.75) is 6.92 Å². The molecule has 0 saturated heterocycles. The number of rotatable bonds is 3. The molecule has 0 atom stereocenters. The summed E-state index contributed by atoms with van der Waals surface area (Å²) in [5.74, 6) is 0. The van der Waals surface area contributed by atoms with E-state index in [-0.39, 0.29) is 0 Å². The van der Waals surface area contributed by atoms with Gasteiger partial charge < -0.3 is 0 Å². The van der Waals surface area contributed by atoms with E-state index < -0.39 is 0 Å². The molecule has 0 saturated carbocycles. The van der Waals surface area contributed by atoms with Crippen LogP contribution in [-0.2, 0) is 0 Å². The van der Waals surface area contributed by atoms with Crippen LogP contribution >= 0.6 is 34.5 Å². The van der Waals surface area contributed by atoms with E-state index in [1.54, 1.807) is 40.4 Å². The largest absolute Gasteiger partial charge is 0.298 e. The predicted molar refractivity (Wildman–Crippen MR) is 87.0 cm³/mol. The van der Waals surface area contributed by atoms with Gasteiger partial charge in [-0.3, -0.25) is 4.79 Å². The Morgan fingerprint density at radius 2 is 2.10 bits per heavy atom. The first kappa shape index (κ1) is 14.3. The first-order chi connectivity index (χ1) is 10.1. The molecule has 0 unspecified atom stereocenters. The zero-order valence-electron chi connectivity index (χ0n) is 11.0. The highest BCUT2D eigenvalue weighted by molar-refractivity contribution is 7.13. The minimum atomic E-state index is 0.483. The number of aromatic nitrogens is 2. The highest BCUT2D eigenvalue weighted by Gasteiger charge is 2.15. The average Bonchev–Trinajstić information content (AvgIpc) is 3.04. The van der Waals surface area contributed by atoms with Gasteiger partial charge in [0.1, 0.15) is 5.69 Å². The first-order valence-corrected chi connectivity index (χ1v) is 7.78. The minimum Gasteiger partial charge on any atom is -0.298 e. The van der Waals surface area contributed by atoms with E-state index in [1.165, 1.54) is 0 Å². The summed E-state index contributed by atoms with van der Waals surface area (Å²) in [6, 6.07) is 7.16. The highest BCUT2D eigenvalue weighted by Crippen LogP contribution is 2.32. The monoisotopic (exact) mass is 336 g/mol. The Morgan fingerprint density at radius 1 is 1.29 bits per heavy atom. The van der Waals surface area contributed by atoms with Crippen LogP contribution < -0.4 is 0 Å². The first-order valence-electron chi connectivity index (χ1n) is 6.15. The summed E-state index contributed by atoms with van der Waals surface area (Å²) in [6.07, 6.45) is 2.48. The molecule has 0 radical (unpaired) electrons. The highest BCUT2D eigenvalue weighted by atomic mass is 35.5. The normalized spacial score (nSPS) is 10.8. The third-order valence-corrected chi connectivity index (χ3v) is 4.66. The Balaban J connectivity index is 2.16. The predicted octanol–water partition coefficient (Wildman–Crippen LogP) is 5.03. The molecule has 0 amide bonds. The number of benzene rings is 1. The molecule has 6 heteroatoms. The van der Waals surface area contributed by atoms with Gasteiger partial charge in [-0.15, -0.1) is 11.3 Å².